The quantitative estimate of drug-likeness (QED) is 0.808. The van der Waals surface area contributed by atoms with Crippen LogP contribution in [0.3, 0.4) is 0 Å². The average Bonchev–Trinajstić information content (AvgIpc) is 2.79. The van der Waals surface area contributed by atoms with E-state index in [1.165, 1.54) is 7.05 Å². The smallest absolute Gasteiger partial charge is 0.246 e. The molecule has 1 amide bonds. The molecule has 0 aromatic carbocycles. The zero-order valence-corrected chi connectivity index (χ0v) is 13.2. The molecule has 0 saturated carbocycles. The van der Waals surface area contributed by atoms with Crippen molar-refractivity contribution in [2.75, 3.05) is 39.9 Å². The van der Waals surface area contributed by atoms with Crippen LogP contribution in [0.5, 0.6) is 0 Å². The lowest BCUT2D eigenvalue weighted by atomic mass is 10.4. The third-order valence-corrected chi connectivity index (χ3v) is 5.52. The molecule has 0 atom stereocenters. The van der Waals surface area contributed by atoms with Crippen LogP contribution in [0.2, 0.25) is 0 Å². The van der Waals surface area contributed by atoms with E-state index in [4.69, 9.17) is 4.74 Å². The largest absolute Gasteiger partial charge is 0.378 e. The molecule has 0 spiro atoms. The van der Waals surface area contributed by atoms with Gasteiger partial charge in [-0.1, -0.05) is 0 Å². The summed E-state index contributed by atoms with van der Waals surface area (Å²) in [6, 6.07) is 0. The molecule has 1 N–H and O–H groups in total. The van der Waals surface area contributed by atoms with Crippen molar-refractivity contribution in [3.8, 4) is 0 Å². The van der Waals surface area contributed by atoms with Crippen LogP contribution in [-0.2, 0) is 19.6 Å². The molecule has 1 saturated heterocycles. The lowest BCUT2D eigenvalue weighted by Crippen LogP contribution is -2.46. The van der Waals surface area contributed by atoms with Crippen LogP contribution in [0, 0.1) is 13.8 Å². The first-order valence-corrected chi connectivity index (χ1v) is 8.11. The Kier molecular flexibility index (Phi) is 4.64. The van der Waals surface area contributed by atoms with Gasteiger partial charge in [-0.15, -0.1) is 0 Å². The van der Waals surface area contributed by atoms with Gasteiger partial charge in [-0.2, -0.15) is 9.40 Å². The van der Waals surface area contributed by atoms with Gasteiger partial charge in [0.15, 0.2) is 0 Å². The number of carbonyl (C=O) groups excluding carboxylic acids is 1. The molecule has 1 aromatic rings. The summed E-state index contributed by atoms with van der Waals surface area (Å²) in [4.78, 5) is 13.9. The van der Waals surface area contributed by atoms with Gasteiger partial charge in [0.1, 0.15) is 4.90 Å². The fourth-order valence-corrected chi connectivity index (χ4v) is 3.71. The highest BCUT2D eigenvalue weighted by atomic mass is 32.2. The van der Waals surface area contributed by atoms with Gasteiger partial charge in [-0.3, -0.25) is 9.89 Å². The molecule has 0 radical (unpaired) electrons. The summed E-state index contributed by atoms with van der Waals surface area (Å²) in [7, 11) is -2.33. The Balaban J connectivity index is 2.12. The number of morpholine rings is 1. The second-order valence-corrected chi connectivity index (χ2v) is 7.00. The summed E-state index contributed by atoms with van der Waals surface area (Å²) < 4.78 is 31.3. The molecular weight excluding hydrogens is 296 g/mol. The minimum Gasteiger partial charge on any atom is -0.378 e. The maximum absolute atomic E-state index is 12.5. The molecule has 1 aliphatic rings. The summed E-state index contributed by atoms with van der Waals surface area (Å²) in [6.45, 7) is 5.04. The summed E-state index contributed by atoms with van der Waals surface area (Å²) >= 11 is 0. The zero-order chi connectivity index (χ0) is 15.6. The number of hydrogen-bond donors (Lipinski definition) is 1. The fraction of sp³-hybridized carbons (Fsp3) is 0.667. The molecule has 1 aliphatic heterocycles. The monoisotopic (exact) mass is 316 g/mol. The normalized spacial score (nSPS) is 16.5. The number of nitrogens with one attached hydrogen (secondary N) is 1. The highest BCUT2D eigenvalue weighted by molar-refractivity contribution is 7.89. The van der Waals surface area contributed by atoms with Gasteiger partial charge in [0, 0.05) is 20.1 Å². The minimum atomic E-state index is -3.73. The maximum Gasteiger partial charge on any atom is 0.246 e. The van der Waals surface area contributed by atoms with E-state index in [9.17, 15) is 13.2 Å². The first kappa shape index (κ1) is 15.9. The number of aryl methyl sites for hydroxylation is 2. The minimum absolute atomic E-state index is 0.139. The number of rotatable bonds is 4. The third-order valence-electron chi connectivity index (χ3n) is 3.45. The van der Waals surface area contributed by atoms with Crippen LogP contribution in [0.4, 0.5) is 0 Å². The number of carbonyl (C=O) groups is 1. The van der Waals surface area contributed by atoms with Crippen LogP contribution in [0.1, 0.15) is 11.4 Å². The molecule has 1 aromatic heterocycles. The van der Waals surface area contributed by atoms with Gasteiger partial charge in [0.2, 0.25) is 15.9 Å². The van der Waals surface area contributed by atoms with E-state index >= 15 is 0 Å². The molecule has 8 nitrogen and oxygen atoms in total. The fourth-order valence-electron chi connectivity index (χ4n) is 2.26. The Morgan fingerprint density at radius 2 is 2.00 bits per heavy atom. The molecule has 1 fully saturated rings. The van der Waals surface area contributed by atoms with E-state index in [0.717, 1.165) is 4.31 Å². The van der Waals surface area contributed by atoms with Gasteiger partial charge in [-0.25, -0.2) is 8.42 Å². The summed E-state index contributed by atoms with van der Waals surface area (Å²) in [5, 5.41) is 6.54. The molecule has 118 valence electrons. The predicted octanol–water partition coefficient (Wildman–Crippen LogP) is -0.494. The van der Waals surface area contributed by atoms with E-state index in [2.05, 4.69) is 10.2 Å². The molecule has 0 aliphatic carbocycles. The predicted molar refractivity (Wildman–Crippen MR) is 75.3 cm³/mol. The van der Waals surface area contributed by atoms with Gasteiger partial charge in [0.25, 0.3) is 0 Å². The van der Waals surface area contributed by atoms with Crippen LogP contribution in [0.25, 0.3) is 0 Å². The van der Waals surface area contributed by atoms with Crippen molar-refractivity contribution in [1.29, 1.82) is 0 Å². The number of nitrogens with zero attached hydrogens (tertiary/aromatic N) is 3. The van der Waals surface area contributed by atoms with Crippen LogP contribution in [-0.4, -0.2) is 73.6 Å². The van der Waals surface area contributed by atoms with E-state index in [1.807, 2.05) is 0 Å². The van der Waals surface area contributed by atoms with Gasteiger partial charge < -0.3 is 9.64 Å². The van der Waals surface area contributed by atoms with Gasteiger partial charge in [-0.05, 0) is 13.8 Å². The van der Waals surface area contributed by atoms with Crippen LogP contribution < -0.4 is 0 Å². The summed E-state index contributed by atoms with van der Waals surface area (Å²) in [5.41, 5.74) is 0.872. The van der Waals surface area contributed by atoms with Crippen molar-refractivity contribution in [2.24, 2.45) is 0 Å². The van der Waals surface area contributed by atoms with E-state index < -0.39 is 10.0 Å². The van der Waals surface area contributed by atoms with Gasteiger partial charge >= 0.3 is 0 Å². The zero-order valence-electron chi connectivity index (χ0n) is 12.4. The van der Waals surface area contributed by atoms with Crippen LogP contribution in [0.15, 0.2) is 4.90 Å². The summed E-state index contributed by atoms with van der Waals surface area (Å²) in [5.74, 6) is -0.219. The van der Waals surface area contributed by atoms with E-state index in [0.29, 0.717) is 37.7 Å². The van der Waals surface area contributed by atoms with E-state index in [1.54, 1.807) is 18.7 Å². The molecule has 21 heavy (non-hydrogen) atoms. The number of aromatic nitrogens is 2. The van der Waals surface area contributed by atoms with Crippen molar-refractivity contribution in [1.82, 2.24) is 19.4 Å². The number of amides is 1. The molecule has 0 bridgehead atoms. The number of hydrogen-bond acceptors (Lipinski definition) is 5. The van der Waals surface area contributed by atoms with Crippen molar-refractivity contribution in [3.05, 3.63) is 11.4 Å². The highest BCUT2D eigenvalue weighted by Crippen LogP contribution is 2.20. The lowest BCUT2D eigenvalue weighted by Gasteiger charge is -2.28. The average molecular weight is 316 g/mol. The lowest BCUT2D eigenvalue weighted by molar-refractivity contribution is -0.135. The van der Waals surface area contributed by atoms with Crippen molar-refractivity contribution >= 4 is 15.9 Å². The first-order chi connectivity index (χ1) is 9.84. The van der Waals surface area contributed by atoms with Gasteiger partial charge in [0.05, 0.1) is 31.1 Å². The van der Waals surface area contributed by atoms with Crippen molar-refractivity contribution in [2.45, 2.75) is 18.7 Å². The van der Waals surface area contributed by atoms with Crippen LogP contribution >= 0.6 is 0 Å². The highest BCUT2D eigenvalue weighted by Gasteiger charge is 2.29. The first-order valence-electron chi connectivity index (χ1n) is 6.67. The number of H-pyrrole nitrogens is 1. The topological polar surface area (TPSA) is 95.6 Å². The van der Waals surface area contributed by atoms with Crippen molar-refractivity contribution < 1.29 is 17.9 Å². The number of ether oxygens (including phenoxy) is 1. The number of aromatic amines is 1. The summed E-state index contributed by atoms with van der Waals surface area (Å²) in [6.07, 6.45) is 0. The maximum atomic E-state index is 12.5. The Morgan fingerprint density at radius 1 is 1.38 bits per heavy atom. The standard InChI is InChI=1S/C12H20N4O4S/c1-9-12(10(2)14-13-9)21(18,19)15(3)8-11(17)16-4-6-20-7-5-16/h4-8H2,1-3H3,(H,13,14). The SMILES string of the molecule is Cc1n[nH]c(C)c1S(=O)(=O)N(C)CC(=O)N1CCOCC1. The van der Waals surface area contributed by atoms with Crippen molar-refractivity contribution in [3.63, 3.8) is 0 Å². The molecule has 2 rings (SSSR count). The van der Waals surface area contributed by atoms with E-state index in [-0.39, 0.29) is 17.3 Å². The second kappa shape index (κ2) is 6.12. The number of sulfonamides is 1. The Bertz CT molecular complexity index is 600. The Labute approximate surface area is 124 Å². The second-order valence-electron chi connectivity index (χ2n) is 5.02. The molecule has 2 heterocycles. The molecular formula is C12H20N4O4S. The Morgan fingerprint density at radius 3 is 2.52 bits per heavy atom. The number of likely N-dealkylation sites (N-methyl/N-ethyl adjacent to an activating group) is 1. The Hall–Kier alpha value is -1.45. The third kappa shape index (κ3) is 3.25. The molecule has 0 unspecified atom stereocenters. The molecule has 9 heteroatoms.